The summed E-state index contributed by atoms with van der Waals surface area (Å²) in [7, 11) is 1.79. The number of nitrogens with one attached hydrogen (secondary N) is 1. The normalized spacial score (nSPS) is 10.4. The van der Waals surface area contributed by atoms with Crippen LogP contribution < -0.4 is 5.32 Å². The molecule has 2 aromatic heterocycles. The second kappa shape index (κ2) is 5.34. The average Bonchev–Trinajstić information content (AvgIpc) is 2.95. The summed E-state index contributed by atoms with van der Waals surface area (Å²) in [6.45, 7) is 0.0268. The van der Waals surface area contributed by atoms with E-state index in [4.69, 9.17) is 5.11 Å². The van der Waals surface area contributed by atoms with E-state index in [1.807, 2.05) is 0 Å². The van der Waals surface area contributed by atoms with Gasteiger partial charge in [-0.1, -0.05) is 0 Å². The lowest BCUT2D eigenvalue weighted by Gasteiger charge is -2.00. The number of carboxylic acids is 1. The molecule has 0 spiro atoms. The Kier molecular flexibility index (Phi) is 3.60. The topological polar surface area (TPSA) is 102 Å². The van der Waals surface area contributed by atoms with Crippen LogP contribution in [0.15, 0.2) is 24.5 Å². The number of carbonyl (C=O) groups excluding carboxylic acids is 1. The van der Waals surface area contributed by atoms with Crippen molar-refractivity contribution < 1.29 is 14.7 Å². The van der Waals surface area contributed by atoms with Crippen LogP contribution >= 0.6 is 0 Å². The van der Waals surface area contributed by atoms with Crippen LogP contribution in [0.4, 0.5) is 0 Å². The maximum Gasteiger partial charge on any atom is 0.325 e. The molecule has 0 unspecified atom stereocenters. The van der Waals surface area contributed by atoms with Crippen LogP contribution in [0.25, 0.3) is 0 Å². The number of amides is 1. The Balaban J connectivity index is 1.92. The summed E-state index contributed by atoms with van der Waals surface area (Å²) in [6.07, 6.45) is 3.23. The lowest BCUT2D eigenvalue weighted by atomic mass is 10.4. The molecule has 0 radical (unpaired) electrons. The van der Waals surface area contributed by atoms with E-state index in [2.05, 4.69) is 15.5 Å². The van der Waals surface area contributed by atoms with Crippen LogP contribution in [0.2, 0.25) is 0 Å². The summed E-state index contributed by atoms with van der Waals surface area (Å²) < 4.78 is 2.83. The second-order valence-corrected chi connectivity index (χ2v) is 3.96. The number of carbonyl (C=O) groups is 2. The predicted molar refractivity (Wildman–Crippen MR) is 64.2 cm³/mol. The first-order valence-electron chi connectivity index (χ1n) is 5.56. The van der Waals surface area contributed by atoms with Gasteiger partial charge in [0.15, 0.2) is 0 Å². The van der Waals surface area contributed by atoms with Crippen LogP contribution in [-0.2, 0) is 24.9 Å². The summed E-state index contributed by atoms with van der Waals surface area (Å²) in [4.78, 5) is 22.2. The summed E-state index contributed by atoms with van der Waals surface area (Å²) in [5.41, 5.74) is 0.915. The van der Waals surface area contributed by atoms with Crippen molar-refractivity contribution in [1.82, 2.24) is 24.9 Å². The minimum absolute atomic E-state index is 0.178. The third-order valence-corrected chi connectivity index (χ3v) is 2.37. The van der Waals surface area contributed by atoms with E-state index in [-0.39, 0.29) is 18.1 Å². The molecule has 2 heterocycles. The zero-order valence-electron chi connectivity index (χ0n) is 10.3. The molecule has 1 amide bonds. The highest BCUT2D eigenvalue weighted by molar-refractivity contribution is 5.92. The van der Waals surface area contributed by atoms with E-state index < -0.39 is 5.97 Å². The third kappa shape index (κ3) is 3.41. The highest BCUT2D eigenvalue weighted by atomic mass is 16.4. The van der Waals surface area contributed by atoms with E-state index in [1.165, 1.54) is 16.9 Å². The summed E-state index contributed by atoms with van der Waals surface area (Å²) in [5.74, 6) is -1.38. The molecule has 0 aliphatic carbocycles. The molecule has 2 rings (SSSR count). The zero-order chi connectivity index (χ0) is 13.8. The quantitative estimate of drug-likeness (QED) is 0.766. The minimum Gasteiger partial charge on any atom is -0.480 e. The van der Waals surface area contributed by atoms with Crippen molar-refractivity contribution in [2.45, 2.75) is 13.1 Å². The van der Waals surface area contributed by atoms with Gasteiger partial charge in [0.1, 0.15) is 12.2 Å². The Labute approximate surface area is 108 Å². The molecule has 0 saturated heterocycles. The molecule has 100 valence electrons. The maximum atomic E-state index is 11.8. The van der Waals surface area contributed by atoms with Crippen molar-refractivity contribution in [2.75, 3.05) is 0 Å². The summed E-state index contributed by atoms with van der Waals surface area (Å²) in [5, 5.41) is 19.2. The van der Waals surface area contributed by atoms with Crippen LogP contribution in [-0.4, -0.2) is 36.5 Å². The molecule has 0 saturated carbocycles. The predicted octanol–water partition coefficient (Wildman–Crippen LogP) is -0.369. The Morgan fingerprint density at radius 3 is 2.74 bits per heavy atom. The van der Waals surface area contributed by atoms with Gasteiger partial charge in [-0.25, -0.2) is 0 Å². The Bertz CT molecular complexity index is 601. The maximum absolute atomic E-state index is 11.8. The second-order valence-electron chi connectivity index (χ2n) is 3.96. The Hall–Kier alpha value is -2.64. The number of aliphatic carboxylic acids is 1. The lowest BCUT2D eigenvalue weighted by Crippen LogP contribution is -2.24. The van der Waals surface area contributed by atoms with Crippen LogP contribution in [0.5, 0.6) is 0 Å². The standard InChI is InChI=1S/C11H13N5O3/c1-15-4-2-8(13-15)6-12-11(19)9-3-5-16(14-9)7-10(17)18/h2-5H,6-7H2,1H3,(H,12,19)(H,17,18). The van der Waals surface area contributed by atoms with Crippen molar-refractivity contribution >= 4 is 11.9 Å². The molecular weight excluding hydrogens is 250 g/mol. The fourth-order valence-corrected chi connectivity index (χ4v) is 1.53. The molecule has 0 bridgehead atoms. The minimum atomic E-state index is -1.01. The highest BCUT2D eigenvalue weighted by Crippen LogP contribution is 1.98. The van der Waals surface area contributed by atoms with Gasteiger partial charge < -0.3 is 10.4 Å². The van der Waals surface area contributed by atoms with Crippen molar-refractivity contribution in [3.05, 3.63) is 35.9 Å². The zero-order valence-corrected chi connectivity index (χ0v) is 10.3. The van der Waals surface area contributed by atoms with E-state index in [9.17, 15) is 9.59 Å². The monoisotopic (exact) mass is 263 g/mol. The van der Waals surface area contributed by atoms with E-state index in [0.29, 0.717) is 6.54 Å². The van der Waals surface area contributed by atoms with E-state index in [0.717, 1.165) is 5.69 Å². The van der Waals surface area contributed by atoms with Crippen molar-refractivity contribution in [1.29, 1.82) is 0 Å². The largest absolute Gasteiger partial charge is 0.480 e. The first kappa shape index (κ1) is 12.8. The van der Waals surface area contributed by atoms with Gasteiger partial charge in [-0.2, -0.15) is 10.2 Å². The van der Waals surface area contributed by atoms with Gasteiger partial charge in [0.25, 0.3) is 5.91 Å². The number of hydrogen-bond donors (Lipinski definition) is 2. The van der Waals surface area contributed by atoms with E-state index in [1.54, 1.807) is 24.0 Å². The average molecular weight is 263 g/mol. The summed E-state index contributed by atoms with van der Waals surface area (Å²) >= 11 is 0. The van der Waals surface area contributed by atoms with E-state index >= 15 is 0 Å². The van der Waals surface area contributed by atoms with Crippen LogP contribution in [0.3, 0.4) is 0 Å². The molecule has 0 aliphatic rings. The lowest BCUT2D eigenvalue weighted by molar-refractivity contribution is -0.137. The molecule has 0 aliphatic heterocycles. The van der Waals surface area contributed by atoms with Gasteiger partial charge in [-0.05, 0) is 12.1 Å². The van der Waals surface area contributed by atoms with Gasteiger partial charge in [0.05, 0.1) is 12.2 Å². The molecule has 0 atom stereocenters. The highest BCUT2D eigenvalue weighted by Gasteiger charge is 2.10. The van der Waals surface area contributed by atoms with Crippen molar-refractivity contribution in [2.24, 2.45) is 7.05 Å². The number of aromatic nitrogens is 4. The number of aryl methyl sites for hydroxylation is 1. The number of hydrogen-bond acceptors (Lipinski definition) is 4. The molecule has 2 aromatic rings. The fourth-order valence-electron chi connectivity index (χ4n) is 1.53. The first-order chi connectivity index (χ1) is 9.04. The third-order valence-electron chi connectivity index (χ3n) is 2.37. The fraction of sp³-hybridized carbons (Fsp3) is 0.273. The SMILES string of the molecule is Cn1ccc(CNC(=O)c2ccn(CC(=O)O)n2)n1. The molecule has 2 N–H and O–H groups in total. The number of carboxylic acid groups (broad SMARTS) is 1. The number of rotatable bonds is 5. The van der Waals surface area contributed by atoms with Crippen molar-refractivity contribution in [3.8, 4) is 0 Å². The molecule has 8 heteroatoms. The van der Waals surface area contributed by atoms with Gasteiger partial charge in [-0.3, -0.25) is 19.0 Å². The molecule has 8 nitrogen and oxygen atoms in total. The Morgan fingerprint density at radius 1 is 1.32 bits per heavy atom. The van der Waals surface area contributed by atoms with Gasteiger partial charge >= 0.3 is 5.97 Å². The molecular formula is C11H13N5O3. The van der Waals surface area contributed by atoms with Crippen LogP contribution in [0.1, 0.15) is 16.2 Å². The summed E-state index contributed by atoms with van der Waals surface area (Å²) in [6, 6.07) is 3.26. The van der Waals surface area contributed by atoms with Crippen molar-refractivity contribution in [3.63, 3.8) is 0 Å². The molecule has 0 aromatic carbocycles. The van der Waals surface area contributed by atoms with Gasteiger partial charge in [-0.15, -0.1) is 0 Å². The first-order valence-corrected chi connectivity index (χ1v) is 5.56. The van der Waals surface area contributed by atoms with Gasteiger partial charge in [0, 0.05) is 19.4 Å². The number of nitrogens with zero attached hydrogens (tertiary/aromatic N) is 4. The molecule has 0 fully saturated rings. The van der Waals surface area contributed by atoms with Gasteiger partial charge in [0.2, 0.25) is 0 Å². The molecule has 19 heavy (non-hydrogen) atoms. The Morgan fingerprint density at radius 2 is 2.11 bits per heavy atom. The smallest absolute Gasteiger partial charge is 0.325 e. The van der Waals surface area contributed by atoms with Crippen LogP contribution in [0, 0.1) is 0 Å².